The van der Waals surface area contributed by atoms with Crippen LogP contribution < -0.4 is 5.32 Å². The van der Waals surface area contributed by atoms with E-state index in [1.807, 2.05) is 36.7 Å². The Morgan fingerprint density at radius 3 is 2.73 bits per heavy atom. The van der Waals surface area contributed by atoms with Crippen LogP contribution in [-0.4, -0.2) is 37.7 Å². The maximum Gasteiger partial charge on any atom is 0.287 e. The fraction of sp³-hybridized carbons (Fsp3) is 0.308. The second-order valence-corrected chi connectivity index (χ2v) is 8.76. The van der Waals surface area contributed by atoms with Crippen molar-refractivity contribution in [3.63, 3.8) is 0 Å². The van der Waals surface area contributed by atoms with Gasteiger partial charge in [-0.15, -0.1) is 0 Å². The summed E-state index contributed by atoms with van der Waals surface area (Å²) >= 11 is 0. The number of amides is 1. The van der Waals surface area contributed by atoms with Gasteiger partial charge in [0.15, 0.2) is 5.76 Å². The van der Waals surface area contributed by atoms with Gasteiger partial charge in [0.25, 0.3) is 5.91 Å². The van der Waals surface area contributed by atoms with Crippen LogP contribution in [0.5, 0.6) is 0 Å². The van der Waals surface area contributed by atoms with Gasteiger partial charge >= 0.3 is 0 Å². The summed E-state index contributed by atoms with van der Waals surface area (Å²) in [5, 5.41) is 7.55. The predicted octanol–water partition coefficient (Wildman–Crippen LogP) is 3.76. The molecular formula is C26H29N5O2. The number of aromatic nitrogens is 3. The Kier molecular flexibility index (Phi) is 5.88. The first-order chi connectivity index (χ1) is 16.0. The molecule has 5 rings (SSSR count). The zero-order valence-electron chi connectivity index (χ0n) is 19.1. The van der Waals surface area contributed by atoms with E-state index in [2.05, 4.69) is 62.5 Å². The Hall–Kier alpha value is -3.58. The molecule has 0 aliphatic carbocycles. The largest absolute Gasteiger partial charge is 0.454 e. The number of carbonyl (C=O) groups is 1. The van der Waals surface area contributed by atoms with Crippen molar-refractivity contribution in [3.05, 3.63) is 101 Å². The van der Waals surface area contributed by atoms with Crippen LogP contribution >= 0.6 is 0 Å². The summed E-state index contributed by atoms with van der Waals surface area (Å²) < 4.78 is 9.99. The molecule has 33 heavy (non-hydrogen) atoms. The SMILES string of the molecule is Cc1cc(C)n(Cc2ccc(C(=O)NCC3Cn4cccc4CN3Cc3ccccc3)o2)n1. The van der Waals surface area contributed by atoms with Crippen LogP contribution in [0, 0.1) is 13.8 Å². The van der Waals surface area contributed by atoms with Crippen LogP contribution in [0.4, 0.5) is 0 Å². The molecule has 0 bridgehead atoms. The molecule has 1 aliphatic rings. The van der Waals surface area contributed by atoms with E-state index >= 15 is 0 Å². The summed E-state index contributed by atoms with van der Waals surface area (Å²) in [4.78, 5) is 15.3. The van der Waals surface area contributed by atoms with E-state index in [0.717, 1.165) is 31.0 Å². The zero-order chi connectivity index (χ0) is 22.8. The summed E-state index contributed by atoms with van der Waals surface area (Å²) in [5.74, 6) is 0.859. The number of nitrogens with zero attached hydrogens (tertiary/aromatic N) is 4. The number of hydrogen-bond donors (Lipinski definition) is 1. The van der Waals surface area contributed by atoms with Gasteiger partial charge in [0, 0.05) is 49.8 Å². The van der Waals surface area contributed by atoms with Crippen LogP contribution in [0.15, 0.2) is 71.3 Å². The third kappa shape index (κ3) is 4.78. The van der Waals surface area contributed by atoms with Gasteiger partial charge in [-0.2, -0.15) is 5.10 Å². The van der Waals surface area contributed by atoms with Crippen molar-refractivity contribution < 1.29 is 9.21 Å². The van der Waals surface area contributed by atoms with E-state index in [1.54, 1.807) is 6.07 Å². The molecular weight excluding hydrogens is 414 g/mol. The molecule has 0 saturated carbocycles. The molecule has 4 heterocycles. The highest BCUT2D eigenvalue weighted by molar-refractivity contribution is 5.91. The Bertz CT molecular complexity index is 1240. The van der Waals surface area contributed by atoms with Gasteiger partial charge in [-0.1, -0.05) is 30.3 Å². The summed E-state index contributed by atoms with van der Waals surface area (Å²) in [6, 6.07) is 20.5. The highest BCUT2D eigenvalue weighted by Gasteiger charge is 2.26. The Morgan fingerprint density at radius 1 is 1.09 bits per heavy atom. The number of aryl methyl sites for hydroxylation is 2. The fourth-order valence-corrected chi connectivity index (χ4v) is 4.51. The second kappa shape index (κ2) is 9.11. The number of rotatable bonds is 7. The van der Waals surface area contributed by atoms with Crippen LogP contribution in [0.2, 0.25) is 0 Å². The lowest BCUT2D eigenvalue weighted by atomic mass is 10.1. The third-order valence-electron chi connectivity index (χ3n) is 6.23. The highest BCUT2D eigenvalue weighted by Crippen LogP contribution is 2.21. The van der Waals surface area contributed by atoms with Crippen molar-refractivity contribution in [2.45, 2.75) is 46.1 Å². The minimum atomic E-state index is -0.187. The average Bonchev–Trinajstić information content (AvgIpc) is 3.53. The first-order valence-corrected chi connectivity index (χ1v) is 11.3. The zero-order valence-corrected chi connectivity index (χ0v) is 19.1. The summed E-state index contributed by atoms with van der Waals surface area (Å²) in [6.45, 7) is 7.59. The molecule has 1 amide bonds. The molecule has 1 aromatic carbocycles. The van der Waals surface area contributed by atoms with Gasteiger partial charge in [-0.25, -0.2) is 0 Å². The first kappa shape index (κ1) is 21.3. The third-order valence-corrected chi connectivity index (χ3v) is 6.23. The molecule has 0 spiro atoms. The number of nitrogens with one attached hydrogen (secondary N) is 1. The molecule has 0 radical (unpaired) electrons. The minimum Gasteiger partial charge on any atom is -0.454 e. The Labute approximate surface area is 193 Å². The number of fused-ring (bicyclic) bond motifs is 1. The topological polar surface area (TPSA) is 68.2 Å². The second-order valence-electron chi connectivity index (χ2n) is 8.76. The molecule has 7 nitrogen and oxygen atoms in total. The smallest absolute Gasteiger partial charge is 0.287 e. The lowest BCUT2D eigenvalue weighted by Crippen LogP contribution is -2.48. The van der Waals surface area contributed by atoms with Crippen molar-refractivity contribution in [1.29, 1.82) is 0 Å². The lowest BCUT2D eigenvalue weighted by Gasteiger charge is -2.37. The van der Waals surface area contributed by atoms with E-state index in [1.165, 1.54) is 11.3 Å². The van der Waals surface area contributed by atoms with Gasteiger partial charge < -0.3 is 14.3 Å². The van der Waals surface area contributed by atoms with Crippen molar-refractivity contribution in [2.24, 2.45) is 0 Å². The summed E-state index contributed by atoms with van der Waals surface area (Å²) in [5.41, 5.74) is 4.60. The quantitative estimate of drug-likeness (QED) is 0.472. The van der Waals surface area contributed by atoms with E-state index in [4.69, 9.17) is 4.42 Å². The Balaban J connectivity index is 1.24. The van der Waals surface area contributed by atoms with Gasteiger partial charge in [0.1, 0.15) is 5.76 Å². The maximum atomic E-state index is 12.8. The van der Waals surface area contributed by atoms with E-state index in [0.29, 0.717) is 24.6 Å². The van der Waals surface area contributed by atoms with E-state index in [9.17, 15) is 4.79 Å². The number of furan rings is 1. The average molecular weight is 444 g/mol. The summed E-state index contributed by atoms with van der Waals surface area (Å²) in [6.07, 6.45) is 2.11. The molecule has 4 aromatic rings. The normalized spacial score (nSPS) is 16.0. The van der Waals surface area contributed by atoms with Crippen molar-refractivity contribution in [2.75, 3.05) is 6.54 Å². The molecule has 0 saturated heterocycles. The van der Waals surface area contributed by atoms with Gasteiger partial charge in [0.05, 0.1) is 12.2 Å². The van der Waals surface area contributed by atoms with Gasteiger partial charge in [-0.3, -0.25) is 14.4 Å². The lowest BCUT2D eigenvalue weighted by molar-refractivity contribution is 0.0871. The maximum absolute atomic E-state index is 12.8. The van der Waals surface area contributed by atoms with E-state index < -0.39 is 0 Å². The van der Waals surface area contributed by atoms with Crippen molar-refractivity contribution in [3.8, 4) is 0 Å². The minimum absolute atomic E-state index is 0.187. The number of hydrogen-bond acceptors (Lipinski definition) is 4. The van der Waals surface area contributed by atoms with Gasteiger partial charge in [-0.05, 0) is 49.7 Å². The van der Waals surface area contributed by atoms with Crippen LogP contribution in [0.1, 0.15) is 39.0 Å². The molecule has 1 unspecified atom stereocenters. The standard InChI is InChI=1S/C26H29N5O2/c1-19-13-20(2)31(28-19)18-24-10-11-25(33-24)26(32)27-14-23-17-29-12-6-9-22(29)16-30(23)15-21-7-4-3-5-8-21/h3-13,23H,14-18H2,1-2H3,(H,27,32). The van der Waals surface area contributed by atoms with E-state index in [-0.39, 0.29) is 11.9 Å². The monoisotopic (exact) mass is 443 g/mol. The highest BCUT2D eigenvalue weighted by atomic mass is 16.4. The molecule has 1 atom stereocenters. The van der Waals surface area contributed by atoms with Crippen LogP contribution in [0.3, 0.4) is 0 Å². The van der Waals surface area contributed by atoms with Crippen molar-refractivity contribution in [1.82, 2.24) is 24.6 Å². The summed E-state index contributed by atoms with van der Waals surface area (Å²) in [7, 11) is 0. The molecule has 0 fully saturated rings. The van der Waals surface area contributed by atoms with Crippen LogP contribution in [0.25, 0.3) is 0 Å². The van der Waals surface area contributed by atoms with Gasteiger partial charge in [0.2, 0.25) is 0 Å². The molecule has 1 N–H and O–H groups in total. The van der Waals surface area contributed by atoms with Crippen LogP contribution in [-0.2, 0) is 26.2 Å². The molecule has 170 valence electrons. The molecule has 3 aromatic heterocycles. The predicted molar refractivity (Wildman–Crippen MR) is 126 cm³/mol. The molecule has 1 aliphatic heterocycles. The van der Waals surface area contributed by atoms with Crippen molar-refractivity contribution >= 4 is 5.91 Å². The number of benzene rings is 1. The molecule has 7 heteroatoms. The number of carbonyl (C=O) groups excluding carboxylic acids is 1. The first-order valence-electron chi connectivity index (χ1n) is 11.3. The fourth-order valence-electron chi connectivity index (χ4n) is 4.51. The Morgan fingerprint density at radius 2 is 1.94 bits per heavy atom.